The Morgan fingerprint density at radius 2 is 2.18 bits per heavy atom. The van der Waals surface area contributed by atoms with Gasteiger partial charge in [-0.1, -0.05) is 29.1 Å². The Balaban J connectivity index is 2.29. The summed E-state index contributed by atoms with van der Waals surface area (Å²) in [7, 11) is 1.98. The molecule has 0 aliphatic rings. The lowest BCUT2D eigenvalue weighted by Crippen LogP contribution is -2.21. The zero-order chi connectivity index (χ0) is 12.7. The SMILES string of the molecule is C#CCN([11CH3])CCCOc1ccc(Cl)cc1Cl. The van der Waals surface area contributed by atoms with Crippen molar-refractivity contribution in [3.8, 4) is 18.1 Å². The molecule has 0 aliphatic carbocycles. The van der Waals surface area contributed by atoms with Crippen LogP contribution in [-0.4, -0.2) is 31.6 Å². The van der Waals surface area contributed by atoms with Gasteiger partial charge in [0, 0.05) is 11.6 Å². The molecule has 0 atom stereocenters. The molecule has 0 N–H and O–H groups in total. The quantitative estimate of drug-likeness (QED) is 0.581. The van der Waals surface area contributed by atoms with E-state index in [9.17, 15) is 0 Å². The Bertz CT molecular complexity index is 401. The van der Waals surface area contributed by atoms with Crippen LogP contribution in [-0.2, 0) is 0 Å². The molecule has 17 heavy (non-hydrogen) atoms. The molecule has 0 bridgehead atoms. The highest BCUT2D eigenvalue weighted by atomic mass is 35.5. The van der Waals surface area contributed by atoms with Gasteiger partial charge in [0.2, 0.25) is 0 Å². The number of benzene rings is 1. The molecular weight excluding hydrogens is 256 g/mol. The zero-order valence-electron chi connectivity index (χ0n) is 9.75. The Morgan fingerprint density at radius 1 is 1.41 bits per heavy atom. The molecule has 1 rings (SSSR count). The van der Waals surface area contributed by atoms with E-state index in [0.29, 0.717) is 28.9 Å². The molecule has 0 spiro atoms. The van der Waals surface area contributed by atoms with Crippen molar-refractivity contribution in [2.24, 2.45) is 0 Å². The molecule has 1 aromatic carbocycles. The van der Waals surface area contributed by atoms with E-state index in [1.165, 1.54) is 0 Å². The third kappa shape index (κ3) is 5.32. The molecule has 0 aromatic heterocycles. The van der Waals surface area contributed by atoms with E-state index in [-0.39, 0.29) is 0 Å². The van der Waals surface area contributed by atoms with E-state index in [2.05, 4.69) is 10.8 Å². The molecule has 1 aromatic rings. The third-order valence-corrected chi connectivity index (χ3v) is 2.73. The molecule has 2 nitrogen and oxygen atoms in total. The minimum Gasteiger partial charge on any atom is -0.492 e. The summed E-state index contributed by atoms with van der Waals surface area (Å²) in [6, 6.07) is 5.20. The highest BCUT2D eigenvalue weighted by molar-refractivity contribution is 6.35. The van der Waals surface area contributed by atoms with Crippen molar-refractivity contribution in [2.45, 2.75) is 6.42 Å². The highest BCUT2D eigenvalue weighted by Gasteiger charge is 2.02. The molecule has 92 valence electrons. The van der Waals surface area contributed by atoms with Crippen LogP contribution in [0.1, 0.15) is 6.42 Å². The third-order valence-electron chi connectivity index (χ3n) is 2.20. The van der Waals surface area contributed by atoms with Crippen molar-refractivity contribution in [2.75, 3.05) is 26.7 Å². The second-order valence-electron chi connectivity index (χ2n) is 3.72. The lowest BCUT2D eigenvalue weighted by atomic mass is 10.3. The van der Waals surface area contributed by atoms with Gasteiger partial charge in [0.25, 0.3) is 0 Å². The van der Waals surface area contributed by atoms with E-state index in [1.54, 1.807) is 18.2 Å². The summed E-state index contributed by atoms with van der Waals surface area (Å²) in [6.45, 7) is 2.16. The summed E-state index contributed by atoms with van der Waals surface area (Å²) >= 11 is 11.8. The van der Waals surface area contributed by atoms with E-state index < -0.39 is 0 Å². The highest BCUT2D eigenvalue weighted by Crippen LogP contribution is 2.27. The first-order chi connectivity index (χ1) is 8.13. The summed E-state index contributed by atoms with van der Waals surface area (Å²) in [4.78, 5) is 2.06. The summed E-state index contributed by atoms with van der Waals surface area (Å²) in [5.74, 6) is 3.25. The second kappa shape index (κ2) is 7.45. The Hall–Kier alpha value is -0.880. The Morgan fingerprint density at radius 3 is 2.82 bits per heavy atom. The van der Waals surface area contributed by atoms with Crippen LogP contribution in [0.25, 0.3) is 0 Å². The van der Waals surface area contributed by atoms with E-state index in [0.717, 1.165) is 13.0 Å². The van der Waals surface area contributed by atoms with Gasteiger partial charge < -0.3 is 4.74 Å². The van der Waals surface area contributed by atoms with E-state index in [4.69, 9.17) is 34.4 Å². The largest absolute Gasteiger partial charge is 0.492 e. The van der Waals surface area contributed by atoms with Crippen LogP contribution < -0.4 is 4.74 Å². The van der Waals surface area contributed by atoms with Crippen LogP contribution in [0.15, 0.2) is 18.2 Å². The molecule has 4 heteroatoms. The number of halogens is 2. The van der Waals surface area contributed by atoms with Crippen LogP contribution in [0.3, 0.4) is 0 Å². The standard InChI is InChI=1S/C13H15Cl2NO/c1-3-7-16(2)8-4-9-17-13-6-5-11(14)10-12(13)15/h1,5-6,10H,4,7-9H2,2H3/i2-1. The lowest BCUT2D eigenvalue weighted by Gasteiger charge is -2.13. The van der Waals surface area contributed by atoms with Gasteiger partial charge >= 0.3 is 0 Å². The summed E-state index contributed by atoms with van der Waals surface area (Å²) in [5, 5.41) is 1.14. The number of rotatable bonds is 6. The normalized spacial score (nSPS) is 10.3. The first-order valence-electron chi connectivity index (χ1n) is 5.33. The van der Waals surface area contributed by atoms with Gasteiger partial charge in [0.1, 0.15) is 5.75 Å². The van der Waals surface area contributed by atoms with E-state index >= 15 is 0 Å². The fourth-order valence-corrected chi connectivity index (χ4v) is 1.81. The van der Waals surface area contributed by atoms with Gasteiger partial charge in [0.05, 0.1) is 18.2 Å². The van der Waals surface area contributed by atoms with Crippen molar-refractivity contribution in [3.05, 3.63) is 28.2 Å². The van der Waals surface area contributed by atoms with Crippen molar-refractivity contribution in [1.29, 1.82) is 0 Å². The number of nitrogens with zero attached hydrogens (tertiary/aromatic N) is 1. The van der Waals surface area contributed by atoms with Crippen molar-refractivity contribution in [3.63, 3.8) is 0 Å². The maximum Gasteiger partial charge on any atom is 0.137 e. The fraction of sp³-hybridized carbons (Fsp3) is 0.385. The first kappa shape index (κ1) is 14.2. The molecule has 0 amide bonds. The Labute approximate surface area is 112 Å². The number of hydrogen-bond donors (Lipinski definition) is 0. The van der Waals surface area contributed by atoms with Gasteiger partial charge in [-0.25, -0.2) is 0 Å². The van der Waals surface area contributed by atoms with Crippen molar-refractivity contribution < 1.29 is 4.74 Å². The molecular formula is C13H15Cl2NO. The second-order valence-corrected chi connectivity index (χ2v) is 4.56. The van der Waals surface area contributed by atoms with E-state index in [1.807, 2.05) is 7.05 Å². The summed E-state index contributed by atoms with van der Waals surface area (Å²) in [5.41, 5.74) is 0. The number of terminal acetylenes is 1. The average Bonchev–Trinajstić information content (AvgIpc) is 2.27. The summed E-state index contributed by atoms with van der Waals surface area (Å²) in [6.07, 6.45) is 6.11. The molecule has 0 radical (unpaired) electrons. The van der Waals surface area contributed by atoms with Gasteiger partial charge in [0.15, 0.2) is 0 Å². The molecule has 0 saturated carbocycles. The topological polar surface area (TPSA) is 12.5 Å². The zero-order valence-corrected chi connectivity index (χ0v) is 11.3. The van der Waals surface area contributed by atoms with Gasteiger partial charge in [-0.3, -0.25) is 4.90 Å². The van der Waals surface area contributed by atoms with Gasteiger partial charge in [-0.15, -0.1) is 6.42 Å². The smallest absolute Gasteiger partial charge is 0.137 e. The molecule has 0 heterocycles. The predicted molar refractivity (Wildman–Crippen MR) is 72.9 cm³/mol. The lowest BCUT2D eigenvalue weighted by molar-refractivity contribution is 0.274. The fourth-order valence-electron chi connectivity index (χ4n) is 1.34. The monoisotopic (exact) mass is 270 g/mol. The number of ether oxygens (including phenoxy) is 1. The van der Waals surface area contributed by atoms with Crippen LogP contribution >= 0.6 is 23.2 Å². The minimum absolute atomic E-state index is 0.537. The average molecular weight is 271 g/mol. The molecule has 0 fully saturated rings. The molecule has 0 unspecified atom stereocenters. The summed E-state index contributed by atoms with van der Waals surface area (Å²) < 4.78 is 5.55. The van der Waals surface area contributed by atoms with Gasteiger partial charge in [-0.2, -0.15) is 0 Å². The Kier molecular flexibility index (Phi) is 6.21. The first-order valence-corrected chi connectivity index (χ1v) is 6.09. The maximum atomic E-state index is 5.97. The van der Waals surface area contributed by atoms with Crippen molar-refractivity contribution in [1.82, 2.24) is 4.90 Å². The van der Waals surface area contributed by atoms with Crippen LogP contribution in [0.4, 0.5) is 0 Å². The molecule has 0 saturated heterocycles. The minimum atomic E-state index is 0.537. The maximum absolute atomic E-state index is 5.97. The van der Waals surface area contributed by atoms with Crippen LogP contribution in [0.5, 0.6) is 5.75 Å². The van der Waals surface area contributed by atoms with Gasteiger partial charge in [-0.05, 0) is 31.7 Å². The van der Waals surface area contributed by atoms with Crippen LogP contribution in [0.2, 0.25) is 10.0 Å². The predicted octanol–water partition coefficient (Wildman–Crippen LogP) is 3.33. The van der Waals surface area contributed by atoms with Crippen molar-refractivity contribution >= 4 is 23.2 Å². The van der Waals surface area contributed by atoms with Crippen LogP contribution in [0, 0.1) is 12.3 Å². The molecule has 0 aliphatic heterocycles. The number of hydrogen-bond acceptors (Lipinski definition) is 2.